The smallest absolute Gasteiger partial charge is 0.462 e. The number of carbonyl (C=O) groups excluding carboxylic acids is 4. The molecule has 0 saturated carbocycles. The summed E-state index contributed by atoms with van der Waals surface area (Å²) in [5.41, 5.74) is 0. The molecule has 17 nitrogen and oxygen atoms in total. The van der Waals surface area contributed by atoms with Crippen LogP contribution in [0.2, 0.25) is 0 Å². The molecule has 0 aromatic rings. The van der Waals surface area contributed by atoms with Gasteiger partial charge in [0.25, 0.3) is 0 Å². The summed E-state index contributed by atoms with van der Waals surface area (Å²) in [4.78, 5) is 72.7. The number of rotatable bonds is 73. The molecule has 0 aliphatic carbocycles. The molecule has 0 aromatic carbocycles. The van der Waals surface area contributed by atoms with Crippen molar-refractivity contribution in [1.82, 2.24) is 0 Å². The maximum Gasteiger partial charge on any atom is 0.472 e. The molecular weight excluding hydrogens is 1230 g/mol. The Kier molecular flexibility index (Phi) is 64.3. The Hall–Kier alpha value is -1.94. The van der Waals surface area contributed by atoms with Gasteiger partial charge in [-0.2, -0.15) is 0 Å². The number of aliphatic hydroxyl groups excluding tert-OH is 1. The van der Waals surface area contributed by atoms with Crippen molar-refractivity contribution in [1.29, 1.82) is 0 Å². The lowest BCUT2D eigenvalue weighted by Gasteiger charge is -2.21. The molecule has 0 aromatic heterocycles. The lowest BCUT2D eigenvalue weighted by Crippen LogP contribution is -2.30. The summed E-state index contributed by atoms with van der Waals surface area (Å²) in [6, 6.07) is 0. The first-order chi connectivity index (χ1) is 45.2. The van der Waals surface area contributed by atoms with Crippen LogP contribution in [0.25, 0.3) is 0 Å². The molecular formula is C75H146O17P2. The lowest BCUT2D eigenvalue weighted by atomic mass is 10.0. The number of unbranched alkanes of at least 4 members (excludes halogenated alkanes) is 41. The van der Waals surface area contributed by atoms with Gasteiger partial charge in [-0.3, -0.25) is 37.3 Å². The van der Waals surface area contributed by atoms with Gasteiger partial charge in [-0.05, 0) is 43.4 Å². The van der Waals surface area contributed by atoms with Crippen LogP contribution in [-0.4, -0.2) is 96.7 Å². The Morgan fingerprint density at radius 2 is 0.489 bits per heavy atom. The molecule has 558 valence electrons. The zero-order valence-electron chi connectivity index (χ0n) is 61.4. The molecule has 0 heterocycles. The fourth-order valence-electron chi connectivity index (χ4n) is 11.4. The third-order valence-electron chi connectivity index (χ3n) is 17.4. The van der Waals surface area contributed by atoms with Crippen LogP contribution in [0.1, 0.15) is 382 Å². The van der Waals surface area contributed by atoms with Gasteiger partial charge >= 0.3 is 39.5 Å². The van der Waals surface area contributed by atoms with Crippen molar-refractivity contribution in [2.45, 2.75) is 401 Å². The maximum absolute atomic E-state index is 13.1. The van der Waals surface area contributed by atoms with Gasteiger partial charge in [-0.25, -0.2) is 9.13 Å². The van der Waals surface area contributed by atoms with E-state index in [9.17, 15) is 43.2 Å². The average molecular weight is 1380 g/mol. The highest BCUT2D eigenvalue weighted by atomic mass is 31.2. The van der Waals surface area contributed by atoms with Crippen molar-refractivity contribution < 1.29 is 80.2 Å². The summed E-state index contributed by atoms with van der Waals surface area (Å²) in [7, 11) is -9.91. The molecule has 19 heteroatoms. The van der Waals surface area contributed by atoms with Gasteiger partial charge in [0.15, 0.2) is 12.2 Å². The van der Waals surface area contributed by atoms with Crippen LogP contribution in [0, 0.1) is 17.8 Å². The molecule has 0 bridgehead atoms. The standard InChI is InChI=1S/C75H146O17P2/c1-8-9-10-11-12-13-14-15-16-17-18-19-22-26-29-36-44-51-58-74(79)91-70(62-85-72(77)56-49-42-35-28-25-23-20-21-24-27-32-39-46-53-66(2)3)64-89-93(81,82)87-60-69(76)61-88-94(83,84)90-65-71(92-75(80)59-52-45-38-31-34-41-48-55-68(6)7)63-86-73(78)57-50-43-37-30-33-40-47-54-67(4)5/h66-71,76H,8-65H2,1-7H3,(H,81,82)(H,83,84)/t69-,70-,71-/m1/s1. The van der Waals surface area contributed by atoms with E-state index in [1.165, 1.54) is 186 Å². The number of aliphatic hydroxyl groups is 1. The van der Waals surface area contributed by atoms with E-state index in [-0.39, 0.29) is 25.7 Å². The van der Waals surface area contributed by atoms with Crippen molar-refractivity contribution in [3.63, 3.8) is 0 Å². The highest BCUT2D eigenvalue weighted by Crippen LogP contribution is 2.45. The number of hydrogen-bond donors (Lipinski definition) is 3. The number of esters is 4. The highest BCUT2D eigenvalue weighted by Gasteiger charge is 2.30. The number of carbonyl (C=O) groups is 4. The van der Waals surface area contributed by atoms with Gasteiger partial charge in [0.1, 0.15) is 19.3 Å². The average Bonchev–Trinajstić information content (AvgIpc) is 1.44. The molecule has 0 fully saturated rings. The summed E-state index contributed by atoms with van der Waals surface area (Å²) in [5, 5.41) is 10.6. The van der Waals surface area contributed by atoms with Crippen LogP contribution in [-0.2, 0) is 65.4 Å². The first-order valence-corrected chi connectivity index (χ1v) is 41.8. The van der Waals surface area contributed by atoms with E-state index in [4.69, 9.17) is 37.0 Å². The Morgan fingerprint density at radius 3 is 0.723 bits per heavy atom. The molecule has 0 aliphatic rings. The molecule has 0 saturated heterocycles. The van der Waals surface area contributed by atoms with Crippen molar-refractivity contribution >= 4 is 39.5 Å². The first kappa shape index (κ1) is 92.1. The lowest BCUT2D eigenvalue weighted by molar-refractivity contribution is -0.161. The zero-order valence-corrected chi connectivity index (χ0v) is 63.2. The Bertz CT molecular complexity index is 1840. The summed E-state index contributed by atoms with van der Waals surface area (Å²) in [5.74, 6) is 0.0695. The summed E-state index contributed by atoms with van der Waals surface area (Å²) >= 11 is 0. The maximum atomic E-state index is 13.1. The minimum Gasteiger partial charge on any atom is -0.462 e. The molecule has 94 heavy (non-hydrogen) atoms. The first-order valence-electron chi connectivity index (χ1n) is 38.8. The van der Waals surface area contributed by atoms with E-state index in [0.29, 0.717) is 37.5 Å². The van der Waals surface area contributed by atoms with Gasteiger partial charge < -0.3 is 33.8 Å². The predicted octanol–water partition coefficient (Wildman–Crippen LogP) is 21.8. The molecule has 0 aliphatic heterocycles. The topological polar surface area (TPSA) is 237 Å². The zero-order chi connectivity index (χ0) is 69.4. The third kappa shape index (κ3) is 68.6. The second-order valence-electron chi connectivity index (χ2n) is 28.5. The van der Waals surface area contributed by atoms with Crippen LogP contribution in [0.4, 0.5) is 0 Å². The van der Waals surface area contributed by atoms with Crippen LogP contribution in [0.15, 0.2) is 0 Å². The van der Waals surface area contributed by atoms with Crippen molar-refractivity contribution in [3.8, 4) is 0 Å². The van der Waals surface area contributed by atoms with Crippen molar-refractivity contribution in [2.24, 2.45) is 17.8 Å². The van der Waals surface area contributed by atoms with Crippen LogP contribution in [0.5, 0.6) is 0 Å². The normalized spacial score (nSPS) is 14.1. The molecule has 0 radical (unpaired) electrons. The van der Waals surface area contributed by atoms with Gasteiger partial charge in [0.2, 0.25) is 0 Å². The van der Waals surface area contributed by atoms with E-state index in [1.807, 2.05) is 0 Å². The fourth-order valence-corrected chi connectivity index (χ4v) is 13.0. The van der Waals surface area contributed by atoms with E-state index in [0.717, 1.165) is 102 Å². The second kappa shape index (κ2) is 65.7. The number of hydrogen-bond acceptors (Lipinski definition) is 15. The molecule has 5 atom stereocenters. The quantitative estimate of drug-likeness (QED) is 0.0222. The van der Waals surface area contributed by atoms with Crippen LogP contribution < -0.4 is 0 Å². The number of phosphoric acid groups is 2. The fraction of sp³-hybridized carbons (Fsp3) is 0.947. The van der Waals surface area contributed by atoms with E-state index in [1.54, 1.807) is 0 Å². The van der Waals surface area contributed by atoms with E-state index in [2.05, 4.69) is 48.5 Å². The summed E-state index contributed by atoms with van der Waals surface area (Å²) < 4.78 is 68.4. The van der Waals surface area contributed by atoms with Crippen LogP contribution in [0.3, 0.4) is 0 Å². The minimum absolute atomic E-state index is 0.103. The molecule has 0 rings (SSSR count). The largest absolute Gasteiger partial charge is 0.472 e. The summed E-state index contributed by atoms with van der Waals surface area (Å²) in [6.07, 6.45) is 51.6. The molecule has 0 amide bonds. The minimum atomic E-state index is -4.96. The highest BCUT2D eigenvalue weighted by molar-refractivity contribution is 7.47. The molecule has 3 N–H and O–H groups in total. The van der Waals surface area contributed by atoms with Gasteiger partial charge in [0.05, 0.1) is 26.4 Å². The molecule has 2 unspecified atom stereocenters. The number of phosphoric ester groups is 2. The molecule has 0 spiro atoms. The monoisotopic (exact) mass is 1380 g/mol. The van der Waals surface area contributed by atoms with Gasteiger partial charge in [-0.1, -0.05) is 331 Å². The van der Waals surface area contributed by atoms with E-state index >= 15 is 0 Å². The third-order valence-corrected chi connectivity index (χ3v) is 19.3. The van der Waals surface area contributed by atoms with Gasteiger partial charge in [0, 0.05) is 25.7 Å². The number of ether oxygens (including phenoxy) is 4. The Labute approximate surface area is 575 Å². The predicted molar refractivity (Wildman–Crippen MR) is 381 cm³/mol. The SMILES string of the molecule is CCCCCCCCCCCCCCCCCCCCC(=O)O[C@H](COC(=O)CCCCCCCCCCCCCCCC(C)C)COP(=O)(O)OC[C@@H](O)COP(=O)(O)OC[C@@H](COC(=O)CCCCCCCCCC(C)C)OC(=O)CCCCCCCCCC(C)C. The Morgan fingerprint density at radius 1 is 0.287 bits per heavy atom. The van der Waals surface area contributed by atoms with Crippen molar-refractivity contribution in [2.75, 3.05) is 39.6 Å². The summed E-state index contributed by atoms with van der Waals surface area (Å²) in [6.45, 7) is 11.8. The second-order valence-corrected chi connectivity index (χ2v) is 31.4. The van der Waals surface area contributed by atoms with E-state index < -0.39 is 97.5 Å². The Balaban J connectivity index is 5.22. The van der Waals surface area contributed by atoms with Crippen molar-refractivity contribution in [3.05, 3.63) is 0 Å². The van der Waals surface area contributed by atoms with Crippen LogP contribution >= 0.6 is 15.6 Å². The van der Waals surface area contributed by atoms with Gasteiger partial charge in [-0.15, -0.1) is 0 Å².